The Morgan fingerprint density at radius 2 is 2.09 bits per heavy atom. The maximum Gasteiger partial charge on any atom is 0.321 e. The van der Waals surface area contributed by atoms with E-state index in [0.717, 1.165) is 18.7 Å². The van der Waals surface area contributed by atoms with Crippen molar-refractivity contribution in [1.82, 2.24) is 10.2 Å². The van der Waals surface area contributed by atoms with Crippen molar-refractivity contribution in [2.75, 3.05) is 31.5 Å². The van der Waals surface area contributed by atoms with Gasteiger partial charge >= 0.3 is 5.97 Å². The van der Waals surface area contributed by atoms with E-state index in [9.17, 15) is 14.7 Å². The van der Waals surface area contributed by atoms with E-state index in [-0.39, 0.29) is 12.3 Å². The van der Waals surface area contributed by atoms with Crippen LogP contribution in [0.5, 0.6) is 0 Å². The van der Waals surface area contributed by atoms with Gasteiger partial charge in [-0.05, 0) is 24.6 Å². The van der Waals surface area contributed by atoms with Gasteiger partial charge in [-0.2, -0.15) is 0 Å². The normalized spacial score (nSPS) is 17.0. The molecule has 0 saturated carbocycles. The van der Waals surface area contributed by atoms with Gasteiger partial charge in [-0.1, -0.05) is 17.7 Å². The molecule has 1 saturated heterocycles. The number of nitrogens with zero attached hydrogens (tertiary/aromatic N) is 1. The molecule has 1 aliphatic heterocycles. The van der Waals surface area contributed by atoms with Crippen LogP contribution < -0.4 is 10.6 Å². The fourth-order valence-electron chi connectivity index (χ4n) is 2.49. The van der Waals surface area contributed by atoms with Gasteiger partial charge in [0.05, 0.1) is 6.42 Å². The molecular weight excluding hydrogens is 306 g/mol. The second kappa shape index (κ2) is 7.58. The minimum Gasteiger partial charge on any atom is -0.480 e. The van der Waals surface area contributed by atoms with E-state index < -0.39 is 12.0 Å². The zero-order chi connectivity index (χ0) is 16.1. The van der Waals surface area contributed by atoms with Gasteiger partial charge < -0.3 is 15.7 Å². The second-order valence-electron chi connectivity index (χ2n) is 5.30. The highest BCUT2D eigenvalue weighted by molar-refractivity contribution is 6.31. The summed E-state index contributed by atoms with van der Waals surface area (Å²) in [6.07, 6.45) is -0.0821. The Bertz CT molecular complexity index is 559. The summed E-state index contributed by atoms with van der Waals surface area (Å²) in [5, 5.41) is 15.9. The Morgan fingerprint density at radius 1 is 1.41 bits per heavy atom. The number of hydrogen-bond acceptors (Lipinski definition) is 4. The van der Waals surface area contributed by atoms with Gasteiger partial charge in [-0.15, -0.1) is 0 Å². The summed E-state index contributed by atoms with van der Waals surface area (Å²) in [5.41, 5.74) is 1.38. The summed E-state index contributed by atoms with van der Waals surface area (Å²) in [5.74, 6) is -1.30. The lowest BCUT2D eigenvalue weighted by Crippen LogP contribution is -2.52. The maximum atomic E-state index is 12.2. The van der Waals surface area contributed by atoms with Crippen LogP contribution in [0, 0.1) is 6.92 Å². The van der Waals surface area contributed by atoms with Crippen LogP contribution in [-0.2, 0) is 9.59 Å². The molecule has 3 N–H and O–H groups in total. The molecule has 120 valence electrons. The number of hydrogen-bond donors (Lipinski definition) is 3. The topological polar surface area (TPSA) is 81.7 Å². The summed E-state index contributed by atoms with van der Waals surface area (Å²) in [6, 6.07) is 4.43. The molecule has 6 nitrogen and oxygen atoms in total. The van der Waals surface area contributed by atoms with Gasteiger partial charge in [0, 0.05) is 36.9 Å². The Hall–Kier alpha value is -1.63. The number of halogens is 1. The van der Waals surface area contributed by atoms with Crippen LogP contribution in [0.4, 0.5) is 5.69 Å². The summed E-state index contributed by atoms with van der Waals surface area (Å²) in [6.45, 7) is 4.53. The standard InChI is InChI=1S/C15H20ClN3O3/c1-10-11(16)3-2-4-12(10)18-14(20)9-13(15(21)22)19-7-5-17-6-8-19/h2-4,13,17H,5-9H2,1H3,(H,18,20)(H,21,22). The van der Waals surface area contributed by atoms with Crippen molar-refractivity contribution < 1.29 is 14.7 Å². The molecule has 1 aliphatic rings. The largest absolute Gasteiger partial charge is 0.480 e. The van der Waals surface area contributed by atoms with E-state index in [1.165, 1.54) is 0 Å². The number of carbonyl (C=O) groups is 2. The van der Waals surface area contributed by atoms with Crippen LogP contribution in [0.1, 0.15) is 12.0 Å². The number of amides is 1. The number of carboxylic acid groups (broad SMARTS) is 1. The molecule has 0 aliphatic carbocycles. The zero-order valence-electron chi connectivity index (χ0n) is 12.4. The van der Waals surface area contributed by atoms with Crippen LogP contribution in [0.25, 0.3) is 0 Å². The first-order valence-electron chi connectivity index (χ1n) is 7.21. The number of benzene rings is 1. The molecule has 0 bridgehead atoms. The van der Waals surface area contributed by atoms with Gasteiger partial charge in [0.1, 0.15) is 6.04 Å². The molecule has 0 radical (unpaired) electrons. The third kappa shape index (κ3) is 4.19. The lowest BCUT2D eigenvalue weighted by molar-refractivity contribution is -0.145. The molecule has 1 aromatic rings. The number of rotatable bonds is 5. The summed E-state index contributed by atoms with van der Waals surface area (Å²) < 4.78 is 0. The van der Waals surface area contributed by atoms with Crippen LogP contribution in [0.15, 0.2) is 18.2 Å². The smallest absolute Gasteiger partial charge is 0.321 e. The highest BCUT2D eigenvalue weighted by Gasteiger charge is 2.29. The molecule has 22 heavy (non-hydrogen) atoms. The van der Waals surface area contributed by atoms with E-state index in [0.29, 0.717) is 23.8 Å². The van der Waals surface area contributed by atoms with Crippen molar-refractivity contribution >= 4 is 29.2 Å². The molecule has 2 rings (SSSR count). The average molecular weight is 326 g/mol. The van der Waals surface area contributed by atoms with Crippen molar-refractivity contribution in [3.63, 3.8) is 0 Å². The first-order valence-corrected chi connectivity index (χ1v) is 7.59. The average Bonchev–Trinajstić information content (AvgIpc) is 2.50. The summed E-state index contributed by atoms with van der Waals surface area (Å²) >= 11 is 6.01. The van der Waals surface area contributed by atoms with Crippen LogP contribution in [0.3, 0.4) is 0 Å². The quantitative estimate of drug-likeness (QED) is 0.761. The van der Waals surface area contributed by atoms with Crippen molar-refractivity contribution in [2.24, 2.45) is 0 Å². The number of piperazine rings is 1. The molecular formula is C15H20ClN3O3. The molecule has 1 heterocycles. The van der Waals surface area contributed by atoms with Crippen molar-refractivity contribution in [2.45, 2.75) is 19.4 Å². The van der Waals surface area contributed by atoms with Crippen LogP contribution in [0.2, 0.25) is 5.02 Å². The number of nitrogens with one attached hydrogen (secondary N) is 2. The number of anilines is 1. The second-order valence-corrected chi connectivity index (χ2v) is 5.71. The SMILES string of the molecule is Cc1c(Cl)cccc1NC(=O)CC(C(=O)O)N1CCNCC1. The molecule has 1 aromatic carbocycles. The Labute approximate surface area is 134 Å². The van der Waals surface area contributed by atoms with Gasteiger partial charge in [0.2, 0.25) is 5.91 Å². The van der Waals surface area contributed by atoms with Crippen LogP contribution >= 0.6 is 11.6 Å². The molecule has 0 aromatic heterocycles. The summed E-state index contributed by atoms with van der Waals surface area (Å²) in [7, 11) is 0. The molecule has 7 heteroatoms. The third-order valence-electron chi connectivity index (χ3n) is 3.80. The third-order valence-corrected chi connectivity index (χ3v) is 4.21. The molecule has 1 unspecified atom stereocenters. The number of carboxylic acids is 1. The van der Waals surface area contributed by atoms with Crippen molar-refractivity contribution in [3.05, 3.63) is 28.8 Å². The summed E-state index contributed by atoms with van der Waals surface area (Å²) in [4.78, 5) is 25.4. The highest BCUT2D eigenvalue weighted by Crippen LogP contribution is 2.23. The first-order chi connectivity index (χ1) is 10.5. The molecule has 0 spiro atoms. The van der Waals surface area contributed by atoms with Crippen LogP contribution in [-0.4, -0.2) is 54.1 Å². The van der Waals surface area contributed by atoms with E-state index in [2.05, 4.69) is 10.6 Å². The van der Waals surface area contributed by atoms with Gasteiger partial charge in [-0.3, -0.25) is 14.5 Å². The molecule has 1 fully saturated rings. The lowest BCUT2D eigenvalue weighted by Gasteiger charge is -2.32. The number of aliphatic carboxylic acids is 1. The Kier molecular flexibility index (Phi) is 5.76. The minimum atomic E-state index is -0.972. The lowest BCUT2D eigenvalue weighted by atomic mass is 10.1. The Balaban J connectivity index is 2.02. The van der Waals surface area contributed by atoms with E-state index in [1.54, 1.807) is 18.2 Å². The van der Waals surface area contributed by atoms with Gasteiger partial charge in [-0.25, -0.2) is 0 Å². The highest BCUT2D eigenvalue weighted by atomic mass is 35.5. The molecule has 1 atom stereocenters. The van der Waals surface area contributed by atoms with Gasteiger partial charge in [0.25, 0.3) is 0 Å². The fourth-order valence-corrected chi connectivity index (χ4v) is 2.66. The Morgan fingerprint density at radius 3 is 2.73 bits per heavy atom. The predicted octanol–water partition coefficient (Wildman–Crippen LogP) is 1.34. The van der Waals surface area contributed by atoms with E-state index in [4.69, 9.17) is 11.6 Å². The fraction of sp³-hybridized carbons (Fsp3) is 0.467. The predicted molar refractivity (Wildman–Crippen MR) is 85.3 cm³/mol. The first kappa shape index (κ1) is 16.7. The van der Waals surface area contributed by atoms with Gasteiger partial charge in [0.15, 0.2) is 0 Å². The van der Waals surface area contributed by atoms with Crippen molar-refractivity contribution in [3.8, 4) is 0 Å². The zero-order valence-corrected chi connectivity index (χ0v) is 13.2. The molecule has 1 amide bonds. The minimum absolute atomic E-state index is 0.0821. The van der Waals surface area contributed by atoms with E-state index >= 15 is 0 Å². The maximum absolute atomic E-state index is 12.2. The van der Waals surface area contributed by atoms with E-state index in [1.807, 2.05) is 11.8 Å². The van der Waals surface area contributed by atoms with Crippen molar-refractivity contribution in [1.29, 1.82) is 0 Å². The monoisotopic (exact) mass is 325 g/mol. The number of carbonyl (C=O) groups excluding carboxylic acids is 1.